The molecular weight excluding hydrogens is 334 g/mol. The van der Waals surface area contributed by atoms with Crippen LogP contribution in [0.4, 0.5) is 10.5 Å². The first kappa shape index (κ1) is 17.8. The van der Waals surface area contributed by atoms with Crippen LogP contribution in [0.5, 0.6) is 11.5 Å². The topological polar surface area (TPSA) is 88.7 Å². The summed E-state index contributed by atoms with van der Waals surface area (Å²) in [6.07, 6.45) is 0. The van der Waals surface area contributed by atoms with Gasteiger partial charge in [-0.3, -0.25) is 10.1 Å². The van der Waals surface area contributed by atoms with E-state index in [0.29, 0.717) is 30.4 Å². The van der Waals surface area contributed by atoms with Crippen molar-refractivity contribution < 1.29 is 19.1 Å². The highest BCUT2D eigenvalue weighted by Crippen LogP contribution is 2.32. The number of carbonyl (C=O) groups is 2. The van der Waals surface area contributed by atoms with Gasteiger partial charge in [0.05, 0.1) is 6.54 Å². The minimum Gasteiger partial charge on any atom is -0.486 e. The predicted molar refractivity (Wildman–Crippen MR) is 97.5 cm³/mol. The number of urea groups is 1. The van der Waals surface area contributed by atoms with Gasteiger partial charge in [-0.15, -0.1) is 0 Å². The van der Waals surface area contributed by atoms with Crippen molar-refractivity contribution in [2.24, 2.45) is 0 Å². The van der Waals surface area contributed by atoms with E-state index in [4.69, 9.17) is 9.47 Å². The number of fused-ring (bicyclic) bond motifs is 1. The lowest BCUT2D eigenvalue weighted by Gasteiger charge is -2.19. The van der Waals surface area contributed by atoms with Gasteiger partial charge in [0.1, 0.15) is 13.2 Å². The van der Waals surface area contributed by atoms with Crippen molar-refractivity contribution in [3.05, 3.63) is 54.1 Å². The van der Waals surface area contributed by atoms with Crippen molar-refractivity contribution in [3.63, 3.8) is 0 Å². The van der Waals surface area contributed by atoms with Crippen molar-refractivity contribution in [1.82, 2.24) is 10.6 Å². The number of amides is 3. The average Bonchev–Trinajstić information content (AvgIpc) is 2.66. The van der Waals surface area contributed by atoms with Crippen molar-refractivity contribution in [2.75, 3.05) is 25.1 Å². The number of benzene rings is 2. The molecule has 3 amide bonds. The summed E-state index contributed by atoms with van der Waals surface area (Å²) >= 11 is 0. The van der Waals surface area contributed by atoms with E-state index in [1.807, 2.05) is 37.3 Å². The standard InChI is InChI=1S/C19H21N3O4/c1-13(14-5-3-2-4-6-14)20-12-18(23)22-19(24)21-15-7-8-16-17(11-15)26-10-9-25-16/h2-8,11,13,20H,9-10,12H2,1H3,(H2,21,22,23,24)/t13-/m1/s1. The van der Waals surface area contributed by atoms with Gasteiger partial charge in [0.25, 0.3) is 0 Å². The maximum absolute atomic E-state index is 12.0. The largest absolute Gasteiger partial charge is 0.486 e. The zero-order valence-electron chi connectivity index (χ0n) is 14.5. The van der Waals surface area contributed by atoms with Gasteiger partial charge in [-0.05, 0) is 24.6 Å². The first-order valence-corrected chi connectivity index (χ1v) is 8.40. The van der Waals surface area contributed by atoms with Gasteiger partial charge in [-0.2, -0.15) is 0 Å². The molecule has 0 saturated carbocycles. The van der Waals surface area contributed by atoms with Crippen LogP contribution >= 0.6 is 0 Å². The van der Waals surface area contributed by atoms with Gasteiger partial charge in [-0.25, -0.2) is 4.79 Å². The van der Waals surface area contributed by atoms with E-state index in [2.05, 4.69) is 16.0 Å². The average molecular weight is 355 g/mol. The fourth-order valence-corrected chi connectivity index (χ4v) is 2.56. The fraction of sp³-hybridized carbons (Fsp3) is 0.263. The number of imide groups is 1. The van der Waals surface area contributed by atoms with Crippen LogP contribution in [-0.4, -0.2) is 31.7 Å². The van der Waals surface area contributed by atoms with Gasteiger partial charge in [0.15, 0.2) is 11.5 Å². The van der Waals surface area contributed by atoms with Crippen molar-refractivity contribution in [1.29, 1.82) is 0 Å². The lowest BCUT2D eigenvalue weighted by molar-refractivity contribution is -0.119. The molecule has 3 N–H and O–H groups in total. The SMILES string of the molecule is C[C@@H](NCC(=O)NC(=O)Nc1ccc2c(c1)OCCO2)c1ccccc1. The monoisotopic (exact) mass is 355 g/mol. The molecule has 0 spiro atoms. The zero-order valence-corrected chi connectivity index (χ0v) is 14.5. The zero-order chi connectivity index (χ0) is 18.4. The third kappa shape index (κ3) is 4.73. The van der Waals surface area contributed by atoms with Gasteiger partial charge >= 0.3 is 6.03 Å². The Labute approximate surface area is 151 Å². The summed E-state index contributed by atoms with van der Waals surface area (Å²) in [6.45, 7) is 2.96. The summed E-state index contributed by atoms with van der Waals surface area (Å²) in [5.74, 6) is 0.791. The first-order valence-electron chi connectivity index (χ1n) is 8.40. The molecule has 0 aromatic heterocycles. The molecule has 1 heterocycles. The van der Waals surface area contributed by atoms with Gasteiger partial charge in [0, 0.05) is 17.8 Å². The van der Waals surface area contributed by atoms with Crippen LogP contribution in [0.3, 0.4) is 0 Å². The fourth-order valence-electron chi connectivity index (χ4n) is 2.56. The molecule has 1 atom stereocenters. The molecule has 2 aromatic carbocycles. The van der Waals surface area contributed by atoms with Gasteiger partial charge in [0.2, 0.25) is 5.91 Å². The Bertz CT molecular complexity index is 780. The molecule has 0 aliphatic carbocycles. The van der Waals surface area contributed by atoms with Crippen molar-refractivity contribution in [3.8, 4) is 11.5 Å². The van der Waals surface area contributed by atoms with Crippen LogP contribution < -0.4 is 25.4 Å². The first-order chi connectivity index (χ1) is 12.6. The molecule has 3 rings (SSSR count). The molecular formula is C19H21N3O4. The molecule has 7 nitrogen and oxygen atoms in total. The molecule has 136 valence electrons. The third-order valence-corrected chi connectivity index (χ3v) is 3.92. The number of carbonyl (C=O) groups excluding carboxylic acids is 2. The number of anilines is 1. The summed E-state index contributed by atoms with van der Waals surface area (Å²) in [5.41, 5.74) is 1.59. The molecule has 0 bridgehead atoms. The van der Waals surface area contributed by atoms with Crippen LogP contribution in [-0.2, 0) is 4.79 Å². The second kappa shape index (κ2) is 8.35. The van der Waals surface area contributed by atoms with E-state index < -0.39 is 11.9 Å². The smallest absolute Gasteiger partial charge is 0.325 e. The number of hydrogen-bond donors (Lipinski definition) is 3. The van der Waals surface area contributed by atoms with Crippen LogP contribution in [0.1, 0.15) is 18.5 Å². The molecule has 7 heteroatoms. The molecule has 1 aliphatic rings. The second-order valence-corrected chi connectivity index (χ2v) is 5.87. The van der Waals surface area contributed by atoms with E-state index in [0.717, 1.165) is 5.56 Å². The maximum atomic E-state index is 12.0. The minimum atomic E-state index is -0.596. The number of nitrogens with one attached hydrogen (secondary N) is 3. The van der Waals surface area contributed by atoms with Gasteiger partial charge in [-0.1, -0.05) is 30.3 Å². The second-order valence-electron chi connectivity index (χ2n) is 5.87. The maximum Gasteiger partial charge on any atom is 0.325 e. The van der Waals surface area contributed by atoms with E-state index >= 15 is 0 Å². The number of rotatable bonds is 5. The minimum absolute atomic E-state index is 0.00260. The Balaban J connectivity index is 1.46. The van der Waals surface area contributed by atoms with Crippen LogP contribution in [0.15, 0.2) is 48.5 Å². The molecule has 26 heavy (non-hydrogen) atoms. The lowest BCUT2D eigenvalue weighted by Crippen LogP contribution is -2.40. The Morgan fingerprint density at radius 1 is 1.04 bits per heavy atom. The molecule has 0 unspecified atom stereocenters. The molecule has 0 radical (unpaired) electrons. The lowest BCUT2D eigenvalue weighted by atomic mass is 10.1. The summed E-state index contributed by atoms with van der Waals surface area (Å²) in [4.78, 5) is 23.9. The van der Waals surface area contributed by atoms with E-state index in [1.165, 1.54) is 0 Å². The van der Waals surface area contributed by atoms with Crippen LogP contribution in [0, 0.1) is 0 Å². The predicted octanol–water partition coefficient (Wildman–Crippen LogP) is 2.46. The number of hydrogen-bond acceptors (Lipinski definition) is 5. The molecule has 2 aromatic rings. The summed E-state index contributed by atoms with van der Waals surface area (Å²) in [5, 5.41) is 7.98. The van der Waals surface area contributed by atoms with Gasteiger partial charge < -0.3 is 20.1 Å². The molecule has 1 aliphatic heterocycles. The highest BCUT2D eigenvalue weighted by molar-refractivity contribution is 6.01. The number of ether oxygens (including phenoxy) is 2. The Hall–Kier alpha value is -3.06. The normalized spacial score (nSPS) is 13.6. The Morgan fingerprint density at radius 2 is 1.77 bits per heavy atom. The highest BCUT2D eigenvalue weighted by Gasteiger charge is 2.14. The van der Waals surface area contributed by atoms with E-state index in [1.54, 1.807) is 18.2 Å². The highest BCUT2D eigenvalue weighted by atomic mass is 16.6. The van der Waals surface area contributed by atoms with Crippen molar-refractivity contribution >= 4 is 17.6 Å². The van der Waals surface area contributed by atoms with Crippen LogP contribution in [0.2, 0.25) is 0 Å². The Kier molecular flexibility index (Phi) is 5.70. The summed E-state index contributed by atoms with van der Waals surface area (Å²) < 4.78 is 10.9. The molecule has 0 saturated heterocycles. The van der Waals surface area contributed by atoms with Crippen LogP contribution in [0.25, 0.3) is 0 Å². The summed E-state index contributed by atoms with van der Waals surface area (Å²) in [7, 11) is 0. The Morgan fingerprint density at radius 3 is 2.54 bits per heavy atom. The third-order valence-electron chi connectivity index (χ3n) is 3.92. The molecule has 0 fully saturated rings. The van der Waals surface area contributed by atoms with Crippen molar-refractivity contribution in [2.45, 2.75) is 13.0 Å². The summed E-state index contributed by atoms with van der Waals surface area (Å²) in [6, 6.07) is 14.2. The quantitative estimate of drug-likeness (QED) is 0.767. The van der Waals surface area contributed by atoms with E-state index in [-0.39, 0.29) is 12.6 Å². The van der Waals surface area contributed by atoms with E-state index in [9.17, 15) is 9.59 Å².